The molecule has 0 atom stereocenters. The molecule has 19 heavy (non-hydrogen) atoms. The van der Waals surface area contributed by atoms with Crippen molar-refractivity contribution in [3.05, 3.63) is 60.6 Å². The number of fused-ring (bicyclic) bond motifs is 1. The quantitative estimate of drug-likeness (QED) is 0.777. The highest BCUT2D eigenvalue weighted by molar-refractivity contribution is 5.88. The van der Waals surface area contributed by atoms with Gasteiger partial charge in [0.15, 0.2) is 0 Å². The summed E-state index contributed by atoms with van der Waals surface area (Å²) < 4.78 is 5.80. The summed E-state index contributed by atoms with van der Waals surface area (Å²) in [5.41, 5.74) is 6.25. The zero-order chi connectivity index (χ0) is 13.1. The second-order valence-electron chi connectivity index (χ2n) is 4.20. The maximum Gasteiger partial charge on any atom is 0.141 e. The first kappa shape index (κ1) is 11.5. The van der Waals surface area contributed by atoms with E-state index in [4.69, 9.17) is 10.5 Å². The highest BCUT2D eigenvalue weighted by Gasteiger charge is 2.02. The summed E-state index contributed by atoms with van der Waals surface area (Å²) in [7, 11) is 0. The number of nitrogens with two attached hydrogens (primary N) is 1. The molecule has 2 N–H and O–H groups in total. The fraction of sp³-hybridized carbons (Fsp3) is 0.0667. The molecule has 0 spiro atoms. The molecule has 0 saturated heterocycles. The molecule has 0 aliphatic carbocycles. The molecule has 0 unspecified atom stereocenters. The molecule has 1 heterocycles. The van der Waals surface area contributed by atoms with E-state index < -0.39 is 0 Å². The summed E-state index contributed by atoms with van der Waals surface area (Å²) in [6.45, 7) is 0.376. The van der Waals surface area contributed by atoms with Crippen LogP contribution < -0.4 is 10.5 Å². The summed E-state index contributed by atoms with van der Waals surface area (Å²) in [6, 6.07) is 14.1. The molecule has 0 fully saturated rings. The van der Waals surface area contributed by atoms with Crippen molar-refractivity contribution in [3.63, 3.8) is 0 Å². The average molecular weight is 251 g/mol. The van der Waals surface area contributed by atoms with Crippen LogP contribution in [0.25, 0.3) is 10.8 Å². The van der Waals surface area contributed by atoms with Crippen molar-refractivity contribution in [2.75, 3.05) is 5.73 Å². The highest BCUT2D eigenvalue weighted by Crippen LogP contribution is 2.25. The van der Waals surface area contributed by atoms with Gasteiger partial charge in [-0.3, -0.25) is 4.98 Å². The molecule has 1 aromatic heterocycles. The van der Waals surface area contributed by atoms with E-state index in [9.17, 15) is 0 Å². The lowest BCUT2D eigenvalue weighted by atomic mass is 10.1. The molecule has 0 aliphatic heterocycles. The second-order valence-corrected chi connectivity index (χ2v) is 4.20. The maximum atomic E-state index is 5.80. The van der Waals surface area contributed by atoms with Gasteiger partial charge in [-0.1, -0.05) is 36.4 Å². The smallest absolute Gasteiger partial charge is 0.141 e. The number of hydrogen-bond acceptors (Lipinski definition) is 4. The lowest BCUT2D eigenvalue weighted by molar-refractivity contribution is 0.304. The van der Waals surface area contributed by atoms with Gasteiger partial charge < -0.3 is 10.5 Å². The number of nitrogen functional groups attached to an aromatic ring is 1. The Balaban J connectivity index is 1.84. The van der Waals surface area contributed by atoms with Crippen molar-refractivity contribution in [3.8, 4) is 5.75 Å². The first-order chi connectivity index (χ1) is 9.33. The highest BCUT2D eigenvalue weighted by atomic mass is 16.5. The van der Waals surface area contributed by atoms with E-state index in [1.165, 1.54) is 6.20 Å². The Hall–Kier alpha value is -2.62. The van der Waals surface area contributed by atoms with Gasteiger partial charge in [0.05, 0.1) is 18.1 Å². The van der Waals surface area contributed by atoms with Crippen molar-refractivity contribution in [1.82, 2.24) is 9.97 Å². The number of benzene rings is 2. The molecule has 4 heteroatoms. The van der Waals surface area contributed by atoms with Gasteiger partial charge in [-0.05, 0) is 11.5 Å². The molecule has 2 aromatic carbocycles. The Morgan fingerprint density at radius 1 is 0.947 bits per heavy atom. The van der Waals surface area contributed by atoms with Crippen molar-refractivity contribution < 1.29 is 4.74 Å². The van der Waals surface area contributed by atoms with Crippen LogP contribution in [0.5, 0.6) is 5.75 Å². The zero-order valence-electron chi connectivity index (χ0n) is 10.3. The Morgan fingerprint density at radius 2 is 1.79 bits per heavy atom. The number of aromatic nitrogens is 2. The Kier molecular flexibility index (Phi) is 2.98. The normalized spacial score (nSPS) is 10.5. The first-order valence-electron chi connectivity index (χ1n) is 6.00. The summed E-state index contributed by atoms with van der Waals surface area (Å²) in [4.78, 5) is 8.15. The van der Waals surface area contributed by atoms with Gasteiger partial charge in [0, 0.05) is 5.39 Å². The van der Waals surface area contributed by atoms with E-state index in [2.05, 4.69) is 22.1 Å². The third-order valence-corrected chi connectivity index (χ3v) is 2.85. The maximum absolute atomic E-state index is 5.80. The van der Waals surface area contributed by atoms with Crippen LogP contribution in [-0.2, 0) is 6.61 Å². The van der Waals surface area contributed by atoms with Gasteiger partial charge in [-0.2, -0.15) is 0 Å². The standard InChI is InChI=1S/C15H13N3O/c16-15-9-17-12(8-18-15)10-19-14-7-3-5-11-4-1-2-6-13(11)14/h1-9H,10H2,(H2,16,18). The van der Waals surface area contributed by atoms with Gasteiger partial charge in [-0.15, -0.1) is 0 Å². The summed E-state index contributed by atoms with van der Waals surface area (Å²) in [5, 5.41) is 2.25. The van der Waals surface area contributed by atoms with Crippen LogP contribution in [0.3, 0.4) is 0 Å². The number of rotatable bonds is 3. The number of hydrogen-bond donors (Lipinski definition) is 1. The van der Waals surface area contributed by atoms with Crippen LogP contribution in [0.4, 0.5) is 5.82 Å². The molecule has 94 valence electrons. The van der Waals surface area contributed by atoms with Gasteiger partial charge in [0.25, 0.3) is 0 Å². The van der Waals surface area contributed by atoms with Gasteiger partial charge in [0.1, 0.15) is 18.2 Å². The summed E-state index contributed by atoms with van der Waals surface area (Å²) in [6.07, 6.45) is 3.16. The minimum atomic E-state index is 0.376. The summed E-state index contributed by atoms with van der Waals surface area (Å²) >= 11 is 0. The summed E-state index contributed by atoms with van der Waals surface area (Å²) in [5.74, 6) is 1.26. The van der Waals surface area contributed by atoms with Gasteiger partial charge in [0.2, 0.25) is 0 Å². The van der Waals surface area contributed by atoms with E-state index in [0.717, 1.165) is 22.2 Å². The Bertz CT molecular complexity index is 690. The van der Waals surface area contributed by atoms with Crippen LogP contribution in [0.1, 0.15) is 5.69 Å². The molecule has 0 bridgehead atoms. The van der Waals surface area contributed by atoms with Crippen LogP contribution >= 0.6 is 0 Å². The van der Waals surface area contributed by atoms with E-state index in [1.54, 1.807) is 6.20 Å². The minimum Gasteiger partial charge on any atom is -0.487 e. The van der Waals surface area contributed by atoms with Gasteiger partial charge in [-0.25, -0.2) is 4.98 Å². The van der Waals surface area contributed by atoms with Crippen molar-refractivity contribution in [1.29, 1.82) is 0 Å². The van der Waals surface area contributed by atoms with E-state index in [1.807, 2.05) is 30.3 Å². The fourth-order valence-electron chi connectivity index (χ4n) is 1.91. The van der Waals surface area contributed by atoms with Crippen LogP contribution in [0.2, 0.25) is 0 Å². The Morgan fingerprint density at radius 3 is 2.63 bits per heavy atom. The molecule has 0 saturated carbocycles. The monoisotopic (exact) mass is 251 g/mol. The van der Waals surface area contributed by atoms with Crippen LogP contribution in [0, 0.1) is 0 Å². The lowest BCUT2D eigenvalue weighted by Gasteiger charge is -2.08. The predicted octanol–water partition coefficient (Wildman–Crippen LogP) is 2.79. The molecular weight excluding hydrogens is 238 g/mol. The van der Waals surface area contributed by atoms with Crippen LogP contribution in [-0.4, -0.2) is 9.97 Å². The largest absolute Gasteiger partial charge is 0.487 e. The molecule has 3 rings (SSSR count). The minimum absolute atomic E-state index is 0.376. The number of anilines is 1. The predicted molar refractivity (Wildman–Crippen MR) is 74.7 cm³/mol. The van der Waals surface area contributed by atoms with E-state index >= 15 is 0 Å². The fourth-order valence-corrected chi connectivity index (χ4v) is 1.91. The topological polar surface area (TPSA) is 61.0 Å². The third-order valence-electron chi connectivity index (χ3n) is 2.85. The molecular formula is C15H13N3O. The van der Waals surface area contributed by atoms with E-state index in [0.29, 0.717) is 12.4 Å². The molecule has 0 amide bonds. The number of nitrogens with zero attached hydrogens (tertiary/aromatic N) is 2. The van der Waals surface area contributed by atoms with Crippen molar-refractivity contribution in [2.24, 2.45) is 0 Å². The number of ether oxygens (including phenoxy) is 1. The molecule has 0 aliphatic rings. The van der Waals surface area contributed by atoms with Crippen molar-refractivity contribution in [2.45, 2.75) is 6.61 Å². The molecule has 3 aromatic rings. The van der Waals surface area contributed by atoms with Crippen LogP contribution in [0.15, 0.2) is 54.9 Å². The van der Waals surface area contributed by atoms with E-state index in [-0.39, 0.29) is 0 Å². The van der Waals surface area contributed by atoms with Crippen molar-refractivity contribution >= 4 is 16.6 Å². The Labute approximate surface area is 110 Å². The lowest BCUT2D eigenvalue weighted by Crippen LogP contribution is -2.01. The SMILES string of the molecule is Nc1cnc(COc2cccc3ccccc23)cn1. The second kappa shape index (κ2) is 4.94. The molecule has 4 nitrogen and oxygen atoms in total. The average Bonchev–Trinajstić information content (AvgIpc) is 2.47. The molecule has 0 radical (unpaired) electrons. The third kappa shape index (κ3) is 2.47. The first-order valence-corrected chi connectivity index (χ1v) is 6.00. The van der Waals surface area contributed by atoms with Gasteiger partial charge >= 0.3 is 0 Å². The zero-order valence-corrected chi connectivity index (χ0v) is 10.3.